The summed E-state index contributed by atoms with van der Waals surface area (Å²) in [5.74, 6) is 0.213. The highest BCUT2D eigenvalue weighted by Gasteiger charge is 2.08. The highest BCUT2D eigenvalue weighted by Crippen LogP contribution is 2.04. The lowest BCUT2D eigenvalue weighted by atomic mass is 10.0. The van der Waals surface area contributed by atoms with Crippen molar-refractivity contribution in [1.82, 2.24) is 0 Å². The maximum atomic E-state index is 11.2. The van der Waals surface area contributed by atoms with Crippen molar-refractivity contribution in [3.8, 4) is 0 Å². The molecule has 0 atom stereocenters. The molecule has 2 heteroatoms. The van der Waals surface area contributed by atoms with Crippen LogP contribution in [0.3, 0.4) is 0 Å². The molecule has 0 aromatic carbocycles. The van der Waals surface area contributed by atoms with Crippen LogP contribution in [0.25, 0.3) is 0 Å². The summed E-state index contributed by atoms with van der Waals surface area (Å²) in [6, 6.07) is 0. The van der Waals surface area contributed by atoms with Crippen LogP contribution in [-0.2, 0) is 9.53 Å². The molecule has 0 aromatic rings. The Labute approximate surface area is 68.2 Å². The van der Waals surface area contributed by atoms with Gasteiger partial charge in [0.15, 0.2) is 5.78 Å². The third-order valence-electron chi connectivity index (χ3n) is 1.34. The lowest BCUT2D eigenvalue weighted by Crippen LogP contribution is -2.08. The molecule has 0 N–H and O–H groups in total. The number of hydrogen-bond acceptors (Lipinski definition) is 2. The van der Waals surface area contributed by atoms with Gasteiger partial charge in [-0.3, -0.25) is 4.79 Å². The number of ketones is 1. The normalized spacial score (nSPS) is 11.9. The Hall–Kier alpha value is -0.790. The third kappa shape index (κ3) is 3.81. The molecule has 0 bridgehead atoms. The van der Waals surface area contributed by atoms with Gasteiger partial charge in [0.2, 0.25) is 0 Å². The standard InChI is InChI=1S/C9H16O2/c1-5-11-6-8(4)9(10)7(2)3/h6-7H,5H2,1-4H3. The zero-order valence-electron chi connectivity index (χ0n) is 7.68. The van der Waals surface area contributed by atoms with Gasteiger partial charge in [-0.1, -0.05) is 13.8 Å². The summed E-state index contributed by atoms with van der Waals surface area (Å²) in [6.07, 6.45) is 1.53. The summed E-state index contributed by atoms with van der Waals surface area (Å²) < 4.78 is 4.98. The summed E-state index contributed by atoms with van der Waals surface area (Å²) in [4.78, 5) is 11.2. The van der Waals surface area contributed by atoms with Crippen molar-refractivity contribution in [2.75, 3.05) is 6.61 Å². The topological polar surface area (TPSA) is 26.3 Å². The van der Waals surface area contributed by atoms with Gasteiger partial charge >= 0.3 is 0 Å². The van der Waals surface area contributed by atoms with E-state index in [1.165, 1.54) is 6.26 Å². The second kappa shape index (κ2) is 4.94. The molecular weight excluding hydrogens is 140 g/mol. The Morgan fingerprint density at radius 1 is 1.55 bits per heavy atom. The van der Waals surface area contributed by atoms with Crippen molar-refractivity contribution in [2.24, 2.45) is 5.92 Å². The molecular formula is C9H16O2. The molecule has 2 nitrogen and oxygen atoms in total. The Kier molecular flexibility index (Phi) is 4.59. The predicted molar refractivity (Wildman–Crippen MR) is 45.2 cm³/mol. The zero-order valence-corrected chi connectivity index (χ0v) is 7.68. The van der Waals surface area contributed by atoms with Gasteiger partial charge in [0.25, 0.3) is 0 Å². The molecule has 0 aromatic heterocycles. The van der Waals surface area contributed by atoms with E-state index in [-0.39, 0.29) is 11.7 Å². The fraction of sp³-hybridized carbons (Fsp3) is 0.667. The summed E-state index contributed by atoms with van der Waals surface area (Å²) >= 11 is 0. The van der Waals surface area contributed by atoms with Crippen LogP contribution in [0, 0.1) is 5.92 Å². The molecule has 0 rings (SSSR count). The molecule has 0 unspecified atom stereocenters. The first-order valence-electron chi connectivity index (χ1n) is 3.92. The van der Waals surface area contributed by atoms with Gasteiger partial charge < -0.3 is 4.74 Å². The SMILES string of the molecule is CCOC=C(C)C(=O)C(C)C. The van der Waals surface area contributed by atoms with Crippen molar-refractivity contribution in [1.29, 1.82) is 0 Å². The average Bonchev–Trinajstić information content (AvgIpc) is 1.98. The number of allylic oxidation sites excluding steroid dienone is 1. The van der Waals surface area contributed by atoms with E-state index in [2.05, 4.69) is 0 Å². The lowest BCUT2D eigenvalue weighted by Gasteiger charge is -2.03. The van der Waals surface area contributed by atoms with Crippen LogP contribution in [0.4, 0.5) is 0 Å². The quantitative estimate of drug-likeness (QED) is 0.460. The maximum Gasteiger partial charge on any atom is 0.164 e. The van der Waals surface area contributed by atoms with Crippen LogP contribution < -0.4 is 0 Å². The molecule has 0 heterocycles. The van der Waals surface area contributed by atoms with Crippen molar-refractivity contribution in [3.05, 3.63) is 11.8 Å². The summed E-state index contributed by atoms with van der Waals surface area (Å²) in [5.41, 5.74) is 0.696. The van der Waals surface area contributed by atoms with Gasteiger partial charge in [-0.15, -0.1) is 0 Å². The van der Waals surface area contributed by atoms with Gasteiger partial charge in [-0.05, 0) is 13.8 Å². The Balaban J connectivity index is 4.01. The van der Waals surface area contributed by atoms with Gasteiger partial charge in [0, 0.05) is 11.5 Å². The molecule has 0 aliphatic rings. The van der Waals surface area contributed by atoms with Gasteiger partial charge in [0.1, 0.15) is 0 Å². The van der Waals surface area contributed by atoms with E-state index < -0.39 is 0 Å². The van der Waals surface area contributed by atoms with E-state index >= 15 is 0 Å². The molecule has 0 amide bonds. The first-order valence-corrected chi connectivity index (χ1v) is 3.92. The highest BCUT2D eigenvalue weighted by molar-refractivity contribution is 5.95. The van der Waals surface area contributed by atoms with Crippen molar-refractivity contribution in [2.45, 2.75) is 27.7 Å². The number of hydrogen-bond donors (Lipinski definition) is 0. The number of Topliss-reactive ketones (excluding diaryl/α,β-unsaturated/α-hetero) is 1. The summed E-state index contributed by atoms with van der Waals surface area (Å²) in [5, 5.41) is 0. The van der Waals surface area contributed by atoms with E-state index in [0.717, 1.165) is 0 Å². The average molecular weight is 156 g/mol. The predicted octanol–water partition coefficient (Wildman–Crippen LogP) is 2.15. The first-order chi connectivity index (χ1) is 5.09. The van der Waals surface area contributed by atoms with E-state index in [4.69, 9.17) is 4.74 Å². The number of ether oxygens (including phenoxy) is 1. The van der Waals surface area contributed by atoms with Crippen LogP contribution in [-0.4, -0.2) is 12.4 Å². The van der Waals surface area contributed by atoms with E-state index in [0.29, 0.717) is 12.2 Å². The second-order valence-corrected chi connectivity index (χ2v) is 2.78. The number of carbonyl (C=O) groups is 1. The van der Waals surface area contributed by atoms with E-state index in [1.54, 1.807) is 6.92 Å². The minimum absolute atomic E-state index is 0.0618. The van der Waals surface area contributed by atoms with Gasteiger partial charge in [-0.25, -0.2) is 0 Å². The van der Waals surface area contributed by atoms with Crippen molar-refractivity contribution < 1.29 is 9.53 Å². The Morgan fingerprint density at radius 3 is 2.45 bits per heavy atom. The van der Waals surface area contributed by atoms with E-state index in [1.807, 2.05) is 20.8 Å². The largest absolute Gasteiger partial charge is 0.501 e. The van der Waals surface area contributed by atoms with E-state index in [9.17, 15) is 4.79 Å². The van der Waals surface area contributed by atoms with Crippen LogP contribution >= 0.6 is 0 Å². The minimum Gasteiger partial charge on any atom is -0.501 e. The lowest BCUT2D eigenvalue weighted by molar-refractivity contribution is -0.118. The van der Waals surface area contributed by atoms with Crippen molar-refractivity contribution >= 4 is 5.78 Å². The summed E-state index contributed by atoms with van der Waals surface area (Å²) in [6.45, 7) is 8.04. The molecule has 11 heavy (non-hydrogen) atoms. The van der Waals surface area contributed by atoms with Gasteiger partial charge in [0.05, 0.1) is 12.9 Å². The molecule has 0 radical (unpaired) electrons. The van der Waals surface area contributed by atoms with Gasteiger partial charge in [-0.2, -0.15) is 0 Å². The zero-order chi connectivity index (χ0) is 8.85. The monoisotopic (exact) mass is 156 g/mol. The summed E-state index contributed by atoms with van der Waals surface area (Å²) in [7, 11) is 0. The fourth-order valence-corrected chi connectivity index (χ4v) is 0.722. The fourth-order valence-electron chi connectivity index (χ4n) is 0.722. The molecule has 0 fully saturated rings. The Bertz CT molecular complexity index is 157. The molecule has 64 valence electrons. The molecule has 0 saturated carbocycles. The number of carbonyl (C=O) groups excluding carboxylic acids is 1. The second-order valence-electron chi connectivity index (χ2n) is 2.78. The smallest absolute Gasteiger partial charge is 0.164 e. The maximum absolute atomic E-state index is 11.2. The molecule has 0 aliphatic heterocycles. The Morgan fingerprint density at radius 2 is 2.09 bits per heavy atom. The minimum atomic E-state index is 0.0618. The molecule has 0 spiro atoms. The van der Waals surface area contributed by atoms with Crippen LogP contribution in [0.2, 0.25) is 0 Å². The molecule has 0 saturated heterocycles. The molecule has 0 aliphatic carbocycles. The first kappa shape index (κ1) is 10.2. The highest BCUT2D eigenvalue weighted by atomic mass is 16.5. The van der Waals surface area contributed by atoms with Crippen LogP contribution in [0.5, 0.6) is 0 Å². The number of rotatable bonds is 4. The van der Waals surface area contributed by atoms with Crippen LogP contribution in [0.1, 0.15) is 27.7 Å². The third-order valence-corrected chi connectivity index (χ3v) is 1.34. The van der Waals surface area contributed by atoms with Crippen molar-refractivity contribution in [3.63, 3.8) is 0 Å². The van der Waals surface area contributed by atoms with Crippen LogP contribution in [0.15, 0.2) is 11.8 Å².